The Kier molecular flexibility index (Phi) is 6.31. The van der Waals surface area contributed by atoms with E-state index in [1.165, 1.54) is 25.8 Å². The molecule has 1 saturated heterocycles. The number of aryl methyl sites for hydroxylation is 1. The monoisotopic (exact) mass is 350 g/mol. The third-order valence-corrected chi connectivity index (χ3v) is 4.95. The maximum atomic E-state index is 11.2. The second kappa shape index (κ2) is 8.67. The number of carbonyl (C=O) groups is 1. The predicted octanol–water partition coefficient (Wildman–Crippen LogP) is 2.34. The molecule has 0 aromatic carbocycles. The molecule has 1 amide bonds. The Hall–Kier alpha value is -1.60. The van der Waals surface area contributed by atoms with Crippen molar-refractivity contribution < 1.29 is 14.3 Å². The molecule has 1 unspecified atom stereocenters. The Morgan fingerprint density at radius 2 is 2.16 bits per heavy atom. The van der Waals surface area contributed by atoms with E-state index >= 15 is 0 Å². The van der Waals surface area contributed by atoms with Gasteiger partial charge < -0.3 is 24.7 Å². The van der Waals surface area contributed by atoms with Crippen molar-refractivity contribution in [2.45, 2.75) is 63.6 Å². The Labute approximate surface area is 149 Å². The van der Waals surface area contributed by atoms with E-state index < -0.39 is 0 Å². The Balaban J connectivity index is 1.64. The van der Waals surface area contributed by atoms with Crippen LogP contribution >= 0.6 is 0 Å². The molecule has 0 bridgehead atoms. The molecular formula is C18H30N4O3. The van der Waals surface area contributed by atoms with Gasteiger partial charge in [0, 0.05) is 50.5 Å². The van der Waals surface area contributed by atoms with Crippen LogP contribution in [0.1, 0.15) is 62.5 Å². The number of hydrogen-bond donors (Lipinski definition) is 2. The topological polar surface area (TPSA) is 77.4 Å². The number of imidazole rings is 1. The first-order valence-corrected chi connectivity index (χ1v) is 9.40. The molecule has 25 heavy (non-hydrogen) atoms. The van der Waals surface area contributed by atoms with Crippen LogP contribution in [0.5, 0.6) is 0 Å². The summed E-state index contributed by atoms with van der Waals surface area (Å²) in [5.74, 6) is 1.63. The Morgan fingerprint density at radius 3 is 2.84 bits per heavy atom. The number of ether oxygens (including phenoxy) is 2. The van der Waals surface area contributed by atoms with Gasteiger partial charge in [-0.25, -0.2) is 9.78 Å². The number of aromatic nitrogens is 2. The van der Waals surface area contributed by atoms with Gasteiger partial charge in [0.15, 0.2) is 0 Å². The van der Waals surface area contributed by atoms with Gasteiger partial charge >= 0.3 is 6.09 Å². The van der Waals surface area contributed by atoms with Crippen LogP contribution in [-0.4, -0.2) is 48.6 Å². The Morgan fingerprint density at radius 1 is 1.40 bits per heavy atom. The molecule has 2 fully saturated rings. The lowest BCUT2D eigenvalue weighted by Crippen LogP contribution is -2.25. The quantitative estimate of drug-likeness (QED) is 0.704. The first kappa shape index (κ1) is 18.2. The van der Waals surface area contributed by atoms with E-state index in [9.17, 15) is 4.79 Å². The number of hydrogen-bond acceptors (Lipinski definition) is 5. The zero-order valence-corrected chi connectivity index (χ0v) is 15.3. The van der Waals surface area contributed by atoms with Crippen LogP contribution in [-0.2, 0) is 16.0 Å². The average Bonchev–Trinajstić information content (AvgIpc) is 3.35. The summed E-state index contributed by atoms with van der Waals surface area (Å²) in [4.78, 5) is 16.1. The molecule has 2 N–H and O–H groups in total. The van der Waals surface area contributed by atoms with Gasteiger partial charge in [0.25, 0.3) is 0 Å². The van der Waals surface area contributed by atoms with E-state index in [1.54, 1.807) is 0 Å². The van der Waals surface area contributed by atoms with Crippen molar-refractivity contribution in [1.29, 1.82) is 0 Å². The van der Waals surface area contributed by atoms with E-state index in [2.05, 4.69) is 33.1 Å². The minimum absolute atomic E-state index is 0.278. The SMILES string of the molecule is COC(=O)NCCCn1cc(C(C)NC2CC2)nc1C1CCOCC1. The summed E-state index contributed by atoms with van der Waals surface area (Å²) < 4.78 is 12.4. The normalized spacial score (nSPS) is 19.6. The lowest BCUT2D eigenvalue weighted by molar-refractivity contribution is 0.0827. The molecule has 7 heteroatoms. The standard InChI is InChI=1S/C18H30N4O3/c1-13(20-15-4-5-15)16-12-22(9-3-8-19-18(23)24-2)17(21-16)14-6-10-25-11-7-14/h12-15,20H,3-11H2,1-2H3,(H,19,23). The summed E-state index contributed by atoms with van der Waals surface area (Å²) in [6.07, 6.45) is 7.27. The van der Waals surface area contributed by atoms with Gasteiger partial charge in [-0.05, 0) is 39.0 Å². The maximum absolute atomic E-state index is 11.2. The summed E-state index contributed by atoms with van der Waals surface area (Å²) in [5.41, 5.74) is 1.12. The smallest absolute Gasteiger partial charge is 0.406 e. The van der Waals surface area contributed by atoms with Crippen molar-refractivity contribution in [3.8, 4) is 0 Å². The second-order valence-corrected chi connectivity index (χ2v) is 7.04. The highest BCUT2D eigenvalue weighted by Gasteiger charge is 2.26. The van der Waals surface area contributed by atoms with E-state index in [-0.39, 0.29) is 12.1 Å². The van der Waals surface area contributed by atoms with Crippen molar-refractivity contribution in [3.05, 3.63) is 17.7 Å². The summed E-state index contributed by atoms with van der Waals surface area (Å²) in [7, 11) is 1.38. The summed E-state index contributed by atoms with van der Waals surface area (Å²) in [6, 6.07) is 0.941. The van der Waals surface area contributed by atoms with Crippen molar-refractivity contribution in [3.63, 3.8) is 0 Å². The summed E-state index contributed by atoms with van der Waals surface area (Å²) >= 11 is 0. The molecule has 1 atom stereocenters. The molecule has 2 heterocycles. The van der Waals surface area contributed by atoms with Crippen LogP contribution in [0.3, 0.4) is 0 Å². The van der Waals surface area contributed by atoms with Crippen LogP contribution in [0.15, 0.2) is 6.20 Å². The molecule has 3 rings (SSSR count). The number of amides is 1. The zero-order chi connectivity index (χ0) is 17.6. The van der Waals surface area contributed by atoms with Crippen molar-refractivity contribution in [2.24, 2.45) is 0 Å². The number of methoxy groups -OCH3 is 1. The van der Waals surface area contributed by atoms with E-state index in [1.807, 2.05) is 0 Å². The molecular weight excluding hydrogens is 320 g/mol. The van der Waals surface area contributed by atoms with E-state index in [0.29, 0.717) is 18.5 Å². The maximum Gasteiger partial charge on any atom is 0.406 e. The highest BCUT2D eigenvalue weighted by molar-refractivity contribution is 5.66. The first-order valence-electron chi connectivity index (χ1n) is 9.40. The molecule has 0 radical (unpaired) electrons. The molecule has 1 aromatic rings. The number of nitrogens with zero attached hydrogens (tertiary/aromatic N) is 2. The molecule has 7 nitrogen and oxygen atoms in total. The molecule has 140 valence electrons. The fourth-order valence-corrected chi connectivity index (χ4v) is 3.32. The largest absolute Gasteiger partial charge is 0.453 e. The van der Waals surface area contributed by atoms with Crippen LogP contribution < -0.4 is 10.6 Å². The summed E-state index contributed by atoms with van der Waals surface area (Å²) in [5, 5.41) is 6.37. The number of nitrogens with one attached hydrogen (secondary N) is 2. The van der Waals surface area contributed by atoms with Gasteiger partial charge in [-0.15, -0.1) is 0 Å². The third-order valence-electron chi connectivity index (χ3n) is 4.95. The van der Waals surface area contributed by atoms with Gasteiger partial charge in [0.05, 0.1) is 12.8 Å². The average molecular weight is 350 g/mol. The lowest BCUT2D eigenvalue weighted by atomic mass is 9.99. The minimum Gasteiger partial charge on any atom is -0.453 e. The first-order chi connectivity index (χ1) is 12.2. The van der Waals surface area contributed by atoms with Crippen molar-refractivity contribution >= 4 is 6.09 Å². The molecule has 2 aliphatic rings. The highest BCUT2D eigenvalue weighted by Crippen LogP contribution is 2.29. The number of alkyl carbamates (subject to hydrolysis) is 1. The highest BCUT2D eigenvalue weighted by atomic mass is 16.5. The molecule has 1 aliphatic heterocycles. The fourth-order valence-electron chi connectivity index (χ4n) is 3.32. The van der Waals surface area contributed by atoms with E-state index in [0.717, 1.165) is 44.7 Å². The van der Waals surface area contributed by atoms with Crippen molar-refractivity contribution in [2.75, 3.05) is 26.9 Å². The molecule has 1 aromatic heterocycles. The van der Waals surface area contributed by atoms with Gasteiger partial charge in [0.1, 0.15) is 5.82 Å². The second-order valence-electron chi connectivity index (χ2n) is 7.04. The van der Waals surface area contributed by atoms with Gasteiger partial charge in [-0.2, -0.15) is 0 Å². The third kappa shape index (κ3) is 5.19. The summed E-state index contributed by atoms with van der Waals surface area (Å²) in [6.45, 7) is 5.26. The predicted molar refractivity (Wildman–Crippen MR) is 94.6 cm³/mol. The van der Waals surface area contributed by atoms with Crippen LogP contribution in [0.25, 0.3) is 0 Å². The number of rotatable bonds is 8. The van der Waals surface area contributed by atoms with Crippen LogP contribution in [0.4, 0.5) is 4.79 Å². The van der Waals surface area contributed by atoms with Gasteiger partial charge in [-0.3, -0.25) is 0 Å². The molecule has 1 aliphatic carbocycles. The van der Waals surface area contributed by atoms with Gasteiger partial charge in [-0.1, -0.05) is 0 Å². The Bertz CT molecular complexity index is 565. The lowest BCUT2D eigenvalue weighted by Gasteiger charge is -2.22. The number of carbonyl (C=O) groups excluding carboxylic acids is 1. The van der Waals surface area contributed by atoms with Crippen molar-refractivity contribution in [1.82, 2.24) is 20.2 Å². The van der Waals surface area contributed by atoms with Crippen LogP contribution in [0.2, 0.25) is 0 Å². The van der Waals surface area contributed by atoms with E-state index in [4.69, 9.17) is 9.72 Å². The zero-order valence-electron chi connectivity index (χ0n) is 15.3. The fraction of sp³-hybridized carbons (Fsp3) is 0.778. The van der Waals surface area contributed by atoms with Crippen LogP contribution in [0, 0.1) is 0 Å². The molecule has 0 spiro atoms. The molecule has 1 saturated carbocycles. The van der Waals surface area contributed by atoms with Gasteiger partial charge in [0.2, 0.25) is 0 Å². The minimum atomic E-state index is -0.377.